The number of hydrogen-bond acceptors (Lipinski definition) is 3. The summed E-state index contributed by atoms with van der Waals surface area (Å²) < 4.78 is 18.2. The van der Waals surface area contributed by atoms with Gasteiger partial charge < -0.3 is 10.1 Å². The number of benzene rings is 1. The van der Waals surface area contributed by atoms with E-state index in [9.17, 15) is 14.0 Å². The van der Waals surface area contributed by atoms with E-state index >= 15 is 0 Å². The molecule has 0 spiro atoms. The summed E-state index contributed by atoms with van der Waals surface area (Å²) in [6.45, 7) is 2.80. The molecule has 0 aliphatic rings. The Bertz CT molecular complexity index is 440. The summed E-state index contributed by atoms with van der Waals surface area (Å²) in [5.74, 6) is -0.867. The van der Waals surface area contributed by atoms with E-state index in [1.165, 1.54) is 13.8 Å². The number of carbonyl (C=O) groups is 2. The minimum Gasteiger partial charge on any atom is -0.460 e. The molecule has 4 nitrogen and oxygen atoms in total. The average molecular weight is 281 g/mol. The minimum atomic E-state index is -1.38. The summed E-state index contributed by atoms with van der Waals surface area (Å²) >= 11 is 0. The lowest BCUT2D eigenvalue weighted by Crippen LogP contribution is -2.31. The predicted molar refractivity (Wildman–Crippen MR) is 73.7 cm³/mol. The highest BCUT2D eigenvalue weighted by Crippen LogP contribution is 2.15. The fraction of sp³-hybridized carbons (Fsp3) is 0.467. The highest BCUT2D eigenvalue weighted by Gasteiger charge is 2.17. The molecule has 1 amide bonds. The van der Waals surface area contributed by atoms with E-state index in [4.69, 9.17) is 4.74 Å². The summed E-state index contributed by atoms with van der Waals surface area (Å²) in [6, 6.07) is 9.26. The van der Waals surface area contributed by atoms with Crippen LogP contribution in [0.2, 0.25) is 0 Å². The topological polar surface area (TPSA) is 55.4 Å². The Morgan fingerprint density at radius 2 is 1.90 bits per heavy atom. The van der Waals surface area contributed by atoms with Gasteiger partial charge in [-0.2, -0.15) is 0 Å². The van der Waals surface area contributed by atoms with Crippen molar-refractivity contribution >= 4 is 11.9 Å². The molecule has 0 atom stereocenters. The lowest BCUT2D eigenvalue weighted by molar-refractivity contribution is -0.145. The van der Waals surface area contributed by atoms with Gasteiger partial charge in [-0.05, 0) is 25.8 Å². The normalized spacial score (nSPS) is 10.9. The van der Waals surface area contributed by atoms with E-state index < -0.39 is 11.6 Å². The first kappa shape index (κ1) is 16.1. The van der Waals surface area contributed by atoms with Gasteiger partial charge >= 0.3 is 5.97 Å². The van der Waals surface area contributed by atoms with Crippen LogP contribution in [0.1, 0.15) is 32.3 Å². The zero-order valence-corrected chi connectivity index (χ0v) is 11.8. The number of amides is 1. The smallest absolute Gasteiger partial charge is 0.325 e. The molecule has 1 rings (SSSR count). The number of nitrogens with one attached hydrogen (secondary N) is 1. The first-order valence-corrected chi connectivity index (χ1v) is 6.52. The minimum absolute atomic E-state index is 0.0511. The van der Waals surface area contributed by atoms with Crippen LogP contribution in [0.15, 0.2) is 30.3 Å². The maximum Gasteiger partial charge on any atom is 0.325 e. The Balaban J connectivity index is 2.18. The van der Waals surface area contributed by atoms with Gasteiger partial charge in [0.15, 0.2) is 0 Å². The van der Waals surface area contributed by atoms with E-state index in [1.54, 1.807) is 0 Å². The molecular weight excluding hydrogens is 261 g/mol. The fourth-order valence-electron chi connectivity index (χ4n) is 1.46. The van der Waals surface area contributed by atoms with Gasteiger partial charge in [-0.1, -0.05) is 30.3 Å². The monoisotopic (exact) mass is 281 g/mol. The van der Waals surface area contributed by atoms with E-state index in [0.717, 1.165) is 5.56 Å². The molecule has 1 N–H and O–H groups in total. The third-order valence-corrected chi connectivity index (χ3v) is 2.62. The quantitative estimate of drug-likeness (QED) is 0.781. The molecule has 5 heteroatoms. The van der Waals surface area contributed by atoms with Gasteiger partial charge in [0.2, 0.25) is 5.91 Å². The van der Waals surface area contributed by atoms with E-state index in [2.05, 4.69) is 5.32 Å². The third kappa shape index (κ3) is 7.51. The van der Waals surface area contributed by atoms with Gasteiger partial charge in [0.25, 0.3) is 0 Å². The van der Waals surface area contributed by atoms with Crippen LogP contribution in [0.4, 0.5) is 4.39 Å². The molecule has 0 fully saturated rings. The third-order valence-electron chi connectivity index (χ3n) is 2.62. The molecule has 0 aliphatic carbocycles. The Hall–Kier alpha value is -1.91. The van der Waals surface area contributed by atoms with Crippen molar-refractivity contribution in [1.29, 1.82) is 0 Å². The van der Waals surface area contributed by atoms with E-state index in [0.29, 0.717) is 0 Å². The molecule has 0 aliphatic heterocycles. The second-order valence-electron chi connectivity index (χ2n) is 5.14. The molecule has 0 aromatic heterocycles. The van der Waals surface area contributed by atoms with Crippen molar-refractivity contribution in [2.45, 2.75) is 39.0 Å². The molecule has 20 heavy (non-hydrogen) atoms. The zero-order chi connectivity index (χ0) is 15.0. The highest BCUT2D eigenvalue weighted by atomic mass is 19.1. The Kier molecular flexibility index (Phi) is 6.15. The first-order valence-electron chi connectivity index (χ1n) is 6.52. The largest absolute Gasteiger partial charge is 0.460 e. The molecular formula is C15H20FNO3. The van der Waals surface area contributed by atoms with E-state index in [-0.39, 0.29) is 31.9 Å². The van der Waals surface area contributed by atoms with Crippen molar-refractivity contribution in [1.82, 2.24) is 5.32 Å². The molecule has 0 saturated carbocycles. The van der Waals surface area contributed by atoms with Crippen molar-refractivity contribution in [3.05, 3.63) is 35.9 Å². The maximum absolute atomic E-state index is 13.2. The van der Waals surface area contributed by atoms with Gasteiger partial charge in [0.1, 0.15) is 18.8 Å². The van der Waals surface area contributed by atoms with Crippen LogP contribution in [0.5, 0.6) is 0 Å². The van der Waals surface area contributed by atoms with Gasteiger partial charge in [-0.15, -0.1) is 0 Å². The molecule has 110 valence electrons. The standard InChI is InChI=1S/C15H20FNO3/c1-15(2,16)9-8-13(18)17-10-14(19)20-11-12-6-4-3-5-7-12/h3-7H,8-11H2,1-2H3,(H,17,18). The Morgan fingerprint density at radius 3 is 2.50 bits per heavy atom. The van der Waals surface area contributed by atoms with Crippen LogP contribution < -0.4 is 5.32 Å². The molecule has 0 saturated heterocycles. The molecule has 0 heterocycles. The number of ether oxygens (including phenoxy) is 1. The van der Waals surface area contributed by atoms with E-state index in [1.807, 2.05) is 30.3 Å². The lowest BCUT2D eigenvalue weighted by atomic mass is 10.1. The van der Waals surface area contributed by atoms with Crippen LogP contribution >= 0.6 is 0 Å². The summed E-state index contributed by atoms with van der Waals surface area (Å²) in [6.07, 6.45) is 0.174. The van der Waals surface area contributed by atoms with Crippen molar-refractivity contribution in [3.63, 3.8) is 0 Å². The van der Waals surface area contributed by atoms with Gasteiger partial charge in [-0.25, -0.2) is 4.39 Å². The molecule has 0 radical (unpaired) electrons. The van der Waals surface area contributed by atoms with Crippen LogP contribution in [0, 0.1) is 0 Å². The zero-order valence-electron chi connectivity index (χ0n) is 11.8. The number of carbonyl (C=O) groups excluding carboxylic acids is 2. The van der Waals surface area contributed by atoms with Gasteiger partial charge in [0, 0.05) is 6.42 Å². The molecule has 0 unspecified atom stereocenters. The second kappa shape index (κ2) is 7.62. The van der Waals surface area contributed by atoms with Crippen molar-refractivity contribution in [3.8, 4) is 0 Å². The average Bonchev–Trinajstić information content (AvgIpc) is 2.41. The molecule has 0 bridgehead atoms. The molecule has 1 aromatic rings. The van der Waals surface area contributed by atoms with Gasteiger partial charge in [-0.3, -0.25) is 9.59 Å². The van der Waals surface area contributed by atoms with Crippen LogP contribution in [0.25, 0.3) is 0 Å². The number of hydrogen-bond donors (Lipinski definition) is 1. The number of rotatable bonds is 7. The summed E-state index contributed by atoms with van der Waals surface area (Å²) in [5.41, 5.74) is -0.503. The predicted octanol–water partition coefficient (Wildman–Crippen LogP) is 2.37. The summed E-state index contributed by atoms with van der Waals surface area (Å²) in [7, 11) is 0. The fourth-order valence-corrected chi connectivity index (χ4v) is 1.46. The first-order chi connectivity index (χ1) is 9.37. The number of halogens is 1. The highest BCUT2D eigenvalue weighted by molar-refractivity contribution is 5.81. The Labute approximate surface area is 118 Å². The van der Waals surface area contributed by atoms with Gasteiger partial charge in [0.05, 0.1) is 0 Å². The summed E-state index contributed by atoms with van der Waals surface area (Å²) in [5, 5.41) is 2.41. The van der Waals surface area contributed by atoms with Crippen molar-refractivity contribution in [2.75, 3.05) is 6.54 Å². The number of esters is 1. The maximum atomic E-state index is 13.2. The summed E-state index contributed by atoms with van der Waals surface area (Å²) in [4.78, 5) is 22.8. The van der Waals surface area contributed by atoms with Crippen molar-refractivity contribution < 1.29 is 18.7 Å². The van der Waals surface area contributed by atoms with Crippen molar-refractivity contribution in [2.24, 2.45) is 0 Å². The Morgan fingerprint density at radius 1 is 1.25 bits per heavy atom. The lowest BCUT2D eigenvalue weighted by Gasteiger charge is -2.13. The number of alkyl halides is 1. The molecule has 1 aromatic carbocycles. The van der Waals surface area contributed by atoms with Crippen LogP contribution in [0.3, 0.4) is 0 Å². The van der Waals surface area contributed by atoms with Crippen LogP contribution in [-0.2, 0) is 20.9 Å². The SMILES string of the molecule is CC(C)(F)CCC(=O)NCC(=O)OCc1ccccc1. The van der Waals surface area contributed by atoms with Crippen LogP contribution in [-0.4, -0.2) is 24.1 Å². The second-order valence-corrected chi connectivity index (χ2v) is 5.14.